The standard InChI is InChI=1S/C20H35N5O/c1-6-26-18-12-17(20(18)10-8-7-9-11-20)23-19(21-4)22-13-16-14(2)24-25(5)15(16)3/h17-18H,6-13H2,1-5H3,(H2,21,22,23). The first-order chi connectivity index (χ1) is 12.5. The molecule has 1 spiro atoms. The number of guanidine groups is 1. The van der Waals surface area contributed by atoms with Gasteiger partial charge in [0.1, 0.15) is 0 Å². The minimum atomic E-state index is 0.298. The third-order valence-corrected chi connectivity index (χ3v) is 6.56. The number of nitrogens with zero attached hydrogens (tertiary/aromatic N) is 3. The highest BCUT2D eigenvalue weighted by molar-refractivity contribution is 5.80. The molecule has 146 valence electrons. The van der Waals surface area contributed by atoms with Crippen molar-refractivity contribution in [1.82, 2.24) is 20.4 Å². The Labute approximate surface area is 157 Å². The molecule has 26 heavy (non-hydrogen) atoms. The van der Waals surface area contributed by atoms with E-state index < -0.39 is 0 Å². The van der Waals surface area contributed by atoms with E-state index in [0.717, 1.165) is 31.2 Å². The Morgan fingerprint density at radius 2 is 2.04 bits per heavy atom. The summed E-state index contributed by atoms with van der Waals surface area (Å²) in [6, 6.07) is 0.460. The summed E-state index contributed by atoms with van der Waals surface area (Å²) in [5, 5.41) is 11.7. The fourth-order valence-corrected chi connectivity index (χ4v) is 4.87. The third kappa shape index (κ3) is 3.48. The van der Waals surface area contributed by atoms with Gasteiger partial charge in [0.2, 0.25) is 0 Å². The van der Waals surface area contributed by atoms with Crippen LogP contribution in [0, 0.1) is 19.3 Å². The van der Waals surface area contributed by atoms with E-state index in [1.165, 1.54) is 43.4 Å². The first-order valence-electron chi connectivity index (χ1n) is 10.1. The molecular formula is C20H35N5O. The molecule has 0 radical (unpaired) electrons. The zero-order chi connectivity index (χ0) is 18.7. The largest absolute Gasteiger partial charge is 0.378 e. The highest BCUT2D eigenvalue weighted by atomic mass is 16.5. The predicted molar refractivity (Wildman–Crippen MR) is 105 cm³/mol. The second kappa shape index (κ2) is 7.99. The molecule has 1 heterocycles. The van der Waals surface area contributed by atoms with Gasteiger partial charge >= 0.3 is 0 Å². The highest BCUT2D eigenvalue weighted by Crippen LogP contribution is 2.53. The summed E-state index contributed by atoms with van der Waals surface area (Å²) in [5.41, 5.74) is 3.83. The van der Waals surface area contributed by atoms with Crippen molar-refractivity contribution >= 4 is 5.96 Å². The molecule has 0 aliphatic heterocycles. The van der Waals surface area contributed by atoms with E-state index in [4.69, 9.17) is 4.74 Å². The molecule has 2 fully saturated rings. The van der Waals surface area contributed by atoms with Crippen molar-refractivity contribution in [2.24, 2.45) is 17.5 Å². The van der Waals surface area contributed by atoms with E-state index in [1.807, 2.05) is 18.8 Å². The van der Waals surface area contributed by atoms with Gasteiger partial charge in [-0.2, -0.15) is 5.10 Å². The maximum atomic E-state index is 6.07. The maximum Gasteiger partial charge on any atom is 0.191 e. The van der Waals surface area contributed by atoms with Gasteiger partial charge < -0.3 is 15.4 Å². The van der Waals surface area contributed by atoms with Crippen LogP contribution in [-0.2, 0) is 18.3 Å². The van der Waals surface area contributed by atoms with E-state index in [1.54, 1.807) is 0 Å². The molecule has 0 aromatic carbocycles. The topological polar surface area (TPSA) is 63.5 Å². The summed E-state index contributed by atoms with van der Waals surface area (Å²) >= 11 is 0. The summed E-state index contributed by atoms with van der Waals surface area (Å²) in [6.45, 7) is 7.85. The fraction of sp³-hybridized carbons (Fsp3) is 0.800. The van der Waals surface area contributed by atoms with Crippen LogP contribution in [0.3, 0.4) is 0 Å². The molecule has 0 amide bonds. The Balaban J connectivity index is 1.63. The summed E-state index contributed by atoms with van der Waals surface area (Å²) < 4.78 is 8.01. The van der Waals surface area contributed by atoms with Gasteiger partial charge in [-0.3, -0.25) is 9.67 Å². The average molecular weight is 362 g/mol. The Kier molecular flexibility index (Phi) is 5.90. The Morgan fingerprint density at radius 3 is 2.62 bits per heavy atom. The van der Waals surface area contributed by atoms with Gasteiger partial charge in [-0.25, -0.2) is 0 Å². The predicted octanol–water partition coefficient (Wildman–Crippen LogP) is 2.83. The van der Waals surface area contributed by atoms with Gasteiger partial charge in [-0.15, -0.1) is 0 Å². The lowest BCUT2D eigenvalue weighted by Crippen LogP contribution is -2.66. The number of hydrogen-bond acceptors (Lipinski definition) is 3. The van der Waals surface area contributed by atoms with Crippen molar-refractivity contribution in [2.45, 2.75) is 78.0 Å². The normalized spacial score (nSPS) is 25.2. The molecule has 0 saturated heterocycles. The van der Waals surface area contributed by atoms with Crippen molar-refractivity contribution < 1.29 is 4.74 Å². The monoisotopic (exact) mass is 361 g/mol. The van der Waals surface area contributed by atoms with Crippen LogP contribution in [0.4, 0.5) is 0 Å². The first kappa shape index (κ1) is 19.2. The van der Waals surface area contributed by atoms with Gasteiger partial charge in [0.15, 0.2) is 5.96 Å². The van der Waals surface area contributed by atoms with Crippen molar-refractivity contribution in [3.05, 3.63) is 17.0 Å². The molecule has 2 N–H and O–H groups in total. The Morgan fingerprint density at radius 1 is 1.31 bits per heavy atom. The second-order valence-electron chi connectivity index (χ2n) is 7.87. The van der Waals surface area contributed by atoms with E-state index >= 15 is 0 Å². The number of aryl methyl sites for hydroxylation is 2. The molecule has 1 aromatic rings. The third-order valence-electron chi connectivity index (χ3n) is 6.56. The van der Waals surface area contributed by atoms with Gasteiger partial charge in [-0.05, 0) is 40.0 Å². The summed E-state index contributed by atoms with van der Waals surface area (Å²) in [4.78, 5) is 4.47. The molecule has 6 nitrogen and oxygen atoms in total. The fourth-order valence-electron chi connectivity index (χ4n) is 4.87. The van der Waals surface area contributed by atoms with Crippen molar-refractivity contribution in [3.8, 4) is 0 Å². The zero-order valence-electron chi connectivity index (χ0n) is 17.1. The lowest BCUT2D eigenvalue weighted by Gasteiger charge is -2.57. The molecule has 1 aromatic heterocycles. The highest BCUT2D eigenvalue weighted by Gasteiger charge is 2.55. The smallest absolute Gasteiger partial charge is 0.191 e. The van der Waals surface area contributed by atoms with Crippen LogP contribution in [0.15, 0.2) is 4.99 Å². The number of rotatable bonds is 5. The number of hydrogen-bond donors (Lipinski definition) is 2. The molecule has 6 heteroatoms. The average Bonchev–Trinajstić information content (AvgIpc) is 2.89. The summed E-state index contributed by atoms with van der Waals surface area (Å²) in [7, 11) is 3.85. The molecule has 3 rings (SSSR count). The van der Waals surface area contributed by atoms with E-state index in [2.05, 4.69) is 41.5 Å². The maximum absolute atomic E-state index is 6.07. The van der Waals surface area contributed by atoms with Crippen LogP contribution in [0.2, 0.25) is 0 Å². The molecule has 0 bridgehead atoms. The van der Waals surface area contributed by atoms with Crippen LogP contribution >= 0.6 is 0 Å². The number of ether oxygens (including phenoxy) is 1. The van der Waals surface area contributed by atoms with Crippen LogP contribution in [-0.4, -0.2) is 41.5 Å². The molecule has 2 unspecified atom stereocenters. The van der Waals surface area contributed by atoms with Crippen LogP contribution < -0.4 is 10.6 Å². The number of nitrogens with one attached hydrogen (secondary N) is 2. The van der Waals surface area contributed by atoms with Crippen molar-refractivity contribution in [1.29, 1.82) is 0 Å². The van der Waals surface area contributed by atoms with Crippen LogP contribution in [0.1, 0.15) is 62.4 Å². The molecule has 2 atom stereocenters. The van der Waals surface area contributed by atoms with Crippen molar-refractivity contribution in [3.63, 3.8) is 0 Å². The van der Waals surface area contributed by atoms with Gasteiger partial charge in [0, 0.05) is 50.0 Å². The molecule has 2 saturated carbocycles. The van der Waals surface area contributed by atoms with Gasteiger partial charge in [-0.1, -0.05) is 19.3 Å². The van der Waals surface area contributed by atoms with Crippen molar-refractivity contribution in [2.75, 3.05) is 13.7 Å². The summed E-state index contributed by atoms with van der Waals surface area (Å²) in [5.74, 6) is 0.887. The van der Waals surface area contributed by atoms with Crippen LogP contribution in [0.5, 0.6) is 0 Å². The van der Waals surface area contributed by atoms with E-state index in [-0.39, 0.29) is 0 Å². The number of aromatic nitrogens is 2. The second-order valence-corrected chi connectivity index (χ2v) is 7.87. The molecule has 2 aliphatic rings. The zero-order valence-corrected chi connectivity index (χ0v) is 17.1. The lowest BCUT2D eigenvalue weighted by molar-refractivity contribution is -0.145. The quantitative estimate of drug-likeness (QED) is 0.625. The minimum Gasteiger partial charge on any atom is -0.378 e. The Bertz CT molecular complexity index is 645. The SMILES string of the molecule is CCOC1CC(NC(=NC)NCc2c(C)nn(C)c2C)C12CCCCC2. The first-order valence-corrected chi connectivity index (χ1v) is 10.1. The minimum absolute atomic E-state index is 0.298. The summed E-state index contributed by atoms with van der Waals surface area (Å²) in [6.07, 6.45) is 8.04. The van der Waals surface area contributed by atoms with E-state index in [9.17, 15) is 0 Å². The van der Waals surface area contributed by atoms with Crippen LogP contribution in [0.25, 0.3) is 0 Å². The van der Waals surface area contributed by atoms with E-state index in [0.29, 0.717) is 17.6 Å². The van der Waals surface area contributed by atoms with Gasteiger partial charge in [0.25, 0.3) is 0 Å². The molecule has 2 aliphatic carbocycles. The Hall–Kier alpha value is -1.56. The lowest BCUT2D eigenvalue weighted by atomic mass is 9.55. The molecular weight excluding hydrogens is 326 g/mol. The number of aliphatic imine (C=N–C) groups is 1. The van der Waals surface area contributed by atoms with Gasteiger partial charge in [0.05, 0.1) is 11.8 Å².